The van der Waals surface area contributed by atoms with Gasteiger partial charge in [-0.1, -0.05) is 42.6 Å². The molecule has 0 saturated carbocycles. The van der Waals surface area contributed by atoms with Crippen molar-refractivity contribution in [3.63, 3.8) is 0 Å². The number of amides is 2. The first kappa shape index (κ1) is 13.6. The minimum Gasteiger partial charge on any atom is -0.396 e. The minimum absolute atomic E-state index is 0.320. The second kappa shape index (κ2) is 5.86. The number of nitrogens with zero attached hydrogens (tertiary/aromatic N) is 1. The summed E-state index contributed by atoms with van der Waals surface area (Å²) in [6, 6.07) is 14.3. The fourth-order valence-corrected chi connectivity index (χ4v) is 1.81. The van der Waals surface area contributed by atoms with Crippen LogP contribution >= 0.6 is 24.4 Å². The average molecular weight is 293 g/mol. The third-order valence-electron chi connectivity index (χ3n) is 2.43. The number of hydrogen-bond donors (Lipinski definition) is 3. The lowest BCUT2D eigenvalue weighted by Gasteiger charge is -2.17. The molecular weight excluding hydrogens is 282 g/mol. The summed E-state index contributed by atoms with van der Waals surface area (Å²) < 4.78 is 1.17. The Kier molecular flexibility index (Phi) is 4.19. The Morgan fingerprint density at radius 3 is 2.68 bits per heavy atom. The molecule has 0 saturated heterocycles. The van der Waals surface area contributed by atoms with Crippen LogP contribution in [-0.2, 0) is 0 Å². The predicted molar refractivity (Wildman–Crippen MR) is 81.6 cm³/mol. The quantitative estimate of drug-likeness (QED) is 0.585. The highest BCUT2D eigenvalue weighted by Gasteiger charge is 2.13. The Morgan fingerprint density at radius 2 is 2.00 bits per heavy atom. The van der Waals surface area contributed by atoms with Crippen LogP contribution < -0.4 is 15.4 Å². The van der Waals surface area contributed by atoms with E-state index in [1.54, 1.807) is 42.5 Å². The second-order valence-electron chi connectivity index (χ2n) is 3.70. The van der Waals surface area contributed by atoms with E-state index in [-0.39, 0.29) is 0 Å². The summed E-state index contributed by atoms with van der Waals surface area (Å²) in [6.45, 7) is 0. The van der Waals surface area contributed by atoms with Crippen LogP contribution in [0.3, 0.4) is 0 Å². The number of nitrogens with two attached hydrogens (primary N) is 1. The normalized spacial score (nSPS) is 10.0. The van der Waals surface area contributed by atoms with Crippen molar-refractivity contribution in [3.05, 3.63) is 53.6 Å². The second-order valence-corrected chi connectivity index (χ2v) is 4.51. The van der Waals surface area contributed by atoms with Gasteiger partial charge in [-0.3, -0.25) is 0 Å². The fourth-order valence-electron chi connectivity index (χ4n) is 1.45. The number of urea groups is 1. The van der Waals surface area contributed by atoms with E-state index in [9.17, 15) is 4.79 Å². The van der Waals surface area contributed by atoms with Crippen molar-refractivity contribution in [2.75, 3.05) is 15.4 Å². The third kappa shape index (κ3) is 3.13. The van der Waals surface area contributed by atoms with Gasteiger partial charge in [0.25, 0.3) is 0 Å². The number of anilines is 3. The zero-order valence-corrected chi connectivity index (χ0v) is 11.4. The standard InChI is InChI=1S/C13H11ClN3OS/c14-10-7-4-8-11(12(10)15)16-13(18)17(19)9-5-2-1-3-6-9/h2-8,19H,15H2,(H,16,18). The van der Waals surface area contributed by atoms with Crippen molar-refractivity contribution in [3.8, 4) is 0 Å². The molecule has 0 spiro atoms. The number of carbonyl (C=O) groups excluding carboxylic acids is 1. The van der Waals surface area contributed by atoms with Gasteiger partial charge in [0.1, 0.15) is 0 Å². The number of para-hydroxylation sites is 1. The average Bonchev–Trinajstić information content (AvgIpc) is 2.44. The molecule has 0 aliphatic heterocycles. The number of rotatable bonds is 2. The molecule has 3 N–H and O–H groups in total. The molecule has 0 bridgehead atoms. The smallest absolute Gasteiger partial charge is 0.336 e. The lowest BCUT2D eigenvalue weighted by molar-refractivity contribution is 0.260. The van der Waals surface area contributed by atoms with Crippen LogP contribution in [0.15, 0.2) is 42.5 Å². The van der Waals surface area contributed by atoms with E-state index in [2.05, 4.69) is 24.2 Å². The first-order valence-corrected chi connectivity index (χ1v) is 6.17. The molecule has 6 heteroatoms. The Morgan fingerprint density at radius 1 is 1.32 bits per heavy atom. The maximum atomic E-state index is 12.0. The molecule has 4 nitrogen and oxygen atoms in total. The van der Waals surface area contributed by atoms with Crippen molar-refractivity contribution in [1.29, 1.82) is 0 Å². The first-order chi connectivity index (χ1) is 9.09. The van der Waals surface area contributed by atoms with Crippen LogP contribution in [0.1, 0.15) is 0 Å². The van der Waals surface area contributed by atoms with Crippen molar-refractivity contribution in [2.45, 2.75) is 0 Å². The van der Waals surface area contributed by atoms with Crippen LogP contribution in [0.2, 0.25) is 5.02 Å². The van der Waals surface area contributed by atoms with Gasteiger partial charge in [0.05, 0.1) is 22.1 Å². The summed E-state index contributed by atoms with van der Waals surface area (Å²) >= 11 is 10.0. The van der Waals surface area contributed by atoms with Gasteiger partial charge in [-0.25, -0.2) is 9.10 Å². The highest BCUT2D eigenvalue weighted by Crippen LogP contribution is 2.27. The topological polar surface area (TPSA) is 58.4 Å². The van der Waals surface area contributed by atoms with Crippen molar-refractivity contribution < 1.29 is 4.79 Å². The van der Waals surface area contributed by atoms with E-state index in [4.69, 9.17) is 17.3 Å². The summed E-state index contributed by atoms with van der Waals surface area (Å²) in [6.07, 6.45) is 0. The zero-order valence-electron chi connectivity index (χ0n) is 9.80. The minimum atomic E-state index is -0.427. The number of thiol groups is 1. The number of nitrogens with one attached hydrogen (secondary N) is 1. The summed E-state index contributed by atoms with van der Waals surface area (Å²) in [5, 5.41) is 3.03. The number of halogens is 1. The van der Waals surface area contributed by atoms with Gasteiger partial charge in [0, 0.05) is 0 Å². The van der Waals surface area contributed by atoms with Gasteiger partial charge < -0.3 is 11.1 Å². The molecule has 0 aromatic heterocycles. The molecule has 2 aromatic rings. The molecule has 19 heavy (non-hydrogen) atoms. The number of hydrogen-bond acceptors (Lipinski definition) is 3. The van der Waals surface area contributed by atoms with Crippen LogP contribution in [-0.4, -0.2) is 6.03 Å². The number of nitrogen functional groups attached to an aromatic ring is 1. The molecule has 0 aliphatic carbocycles. The zero-order chi connectivity index (χ0) is 13.8. The van der Waals surface area contributed by atoms with Crippen LogP contribution in [0.5, 0.6) is 0 Å². The Labute approximate surface area is 121 Å². The van der Waals surface area contributed by atoms with E-state index in [0.717, 1.165) is 0 Å². The fraction of sp³-hybridized carbons (Fsp3) is 0. The molecule has 0 atom stereocenters. The van der Waals surface area contributed by atoms with Gasteiger partial charge in [0.15, 0.2) is 0 Å². The van der Waals surface area contributed by atoms with Crippen LogP contribution in [0, 0.1) is 6.07 Å². The van der Waals surface area contributed by atoms with Crippen molar-refractivity contribution >= 4 is 47.5 Å². The SMILES string of the molecule is Nc1c(Cl)cccc1NC(=O)N(S)c1cc[c]cc1. The summed E-state index contributed by atoms with van der Waals surface area (Å²) in [4.78, 5) is 12.0. The number of benzene rings is 2. The lowest BCUT2D eigenvalue weighted by Crippen LogP contribution is -2.27. The van der Waals surface area contributed by atoms with Crippen molar-refractivity contribution in [2.24, 2.45) is 0 Å². The molecule has 0 unspecified atom stereocenters. The predicted octanol–water partition coefficient (Wildman–Crippen LogP) is 3.61. The van der Waals surface area contributed by atoms with Gasteiger partial charge in [-0.2, -0.15) is 0 Å². The van der Waals surface area contributed by atoms with Crippen molar-refractivity contribution in [1.82, 2.24) is 0 Å². The monoisotopic (exact) mass is 292 g/mol. The van der Waals surface area contributed by atoms with Gasteiger partial charge in [0.2, 0.25) is 0 Å². The molecule has 2 amide bonds. The third-order valence-corrected chi connectivity index (χ3v) is 3.17. The Bertz CT molecular complexity index is 592. The van der Waals surface area contributed by atoms with E-state index in [1.165, 1.54) is 4.31 Å². The molecule has 0 heterocycles. The molecule has 2 rings (SSSR count). The maximum absolute atomic E-state index is 12.0. The van der Waals surface area contributed by atoms with Gasteiger partial charge >= 0.3 is 6.03 Å². The summed E-state index contributed by atoms with van der Waals surface area (Å²) in [5.41, 5.74) is 7.16. The van der Waals surface area contributed by atoms with Crippen LogP contribution in [0.4, 0.5) is 21.9 Å². The van der Waals surface area contributed by atoms with E-state index in [1.807, 2.05) is 0 Å². The highest BCUT2D eigenvalue weighted by atomic mass is 35.5. The van der Waals surface area contributed by atoms with Crippen LogP contribution in [0.25, 0.3) is 0 Å². The highest BCUT2D eigenvalue weighted by molar-refractivity contribution is 7.82. The Hall–Kier alpha value is -1.85. The molecule has 1 radical (unpaired) electrons. The lowest BCUT2D eigenvalue weighted by atomic mass is 10.2. The number of carbonyl (C=O) groups is 1. The maximum Gasteiger partial charge on any atom is 0.336 e. The molecule has 0 aliphatic rings. The Balaban J connectivity index is 2.15. The molecular formula is C13H11ClN3OS. The van der Waals surface area contributed by atoms with Gasteiger partial charge in [-0.15, -0.1) is 0 Å². The van der Waals surface area contributed by atoms with E-state index < -0.39 is 6.03 Å². The molecule has 2 aromatic carbocycles. The van der Waals surface area contributed by atoms with E-state index >= 15 is 0 Å². The largest absolute Gasteiger partial charge is 0.396 e. The first-order valence-electron chi connectivity index (χ1n) is 5.39. The molecule has 0 fully saturated rings. The molecule has 97 valence electrons. The summed E-state index contributed by atoms with van der Waals surface area (Å²) in [7, 11) is 0. The van der Waals surface area contributed by atoms with Gasteiger partial charge in [-0.05, 0) is 30.3 Å². The van der Waals surface area contributed by atoms with E-state index in [0.29, 0.717) is 22.1 Å². The summed E-state index contributed by atoms with van der Waals surface area (Å²) in [5.74, 6) is 0.